The Labute approximate surface area is 82.9 Å². The van der Waals surface area contributed by atoms with Crippen molar-refractivity contribution in [2.24, 2.45) is 0 Å². The first kappa shape index (κ1) is 9.45. The Hall–Kier alpha value is -2.11. The fraction of sp³-hybridized carbons (Fsp3) is 0. The van der Waals surface area contributed by atoms with Gasteiger partial charge in [0, 0.05) is 0 Å². The molecule has 15 heavy (non-hydrogen) atoms. The molecule has 0 aliphatic carbocycles. The highest BCUT2D eigenvalue weighted by Gasteiger charge is 2.19. The largest absolute Gasteiger partial charge is 0.504 e. The summed E-state index contributed by atoms with van der Waals surface area (Å²) in [6.45, 7) is 0. The number of halogens is 2. The molecule has 0 fully saturated rings. The number of nitrogen functional groups attached to an aromatic ring is 1. The van der Waals surface area contributed by atoms with E-state index in [-0.39, 0.29) is 17.0 Å². The van der Waals surface area contributed by atoms with E-state index in [1.165, 1.54) is 0 Å². The lowest BCUT2D eigenvalue weighted by Gasteiger charge is -2.04. The van der Waals surface area contributed by atoms with Crippen molar-refractivity contribution in [3.05, 3.63) is 30.0 Å². The molecule has 0 atom stereocenters. The van der Waals surface area contributed by atoms with Crippen LogP contribution >= 0.6 is 0 Å². The summed E-state index contributed by atoms with van der Waals surface area (Å²) in [5, 5.41) is 12.6. The number of rotatable bonds is 1. The van der Waals surface area contributed by atoms with Gasteiger partial charge in [0.2, 0.25) is 5.88 Å². The van der Waals surface area contributed by atoms with Crippen LogP contribution in [0.1, 0.15) is 0 Å². The zero-order valence-corrected chi connectivity index (χ0v) is 7.37. The molecule has 0 saturated heterocycles. The number of benzene rings is 1. The van der Waals surface area contributed by atoms with Crippen LogP contribution in [0, 0.1) is 11.6 Å². The van der Waals surface area contributed by atoms with Gasteiger partial charge in [-0.1, -0.05) is 5.16 Å². The maximum atomic E-state index is 13.3. The van der Waals surface area contributed by atoms with Gasteiger partial charge in [-0.3, -0.25) is 0 Å². The van der Waals surface area contributed by atoms with Crippen LogP contribution in [0.5, 0.6) is 5.75 Å². The first-order valence-corrected chi connectivity index (χ1v) is 3.98. The number of hydrogen-bond acceptors (Lipinski definition) is 4. The molecular weight excluding hydrogens is 206 g/mol. The van der Waals surface area contributed by atoms with Crippen LogP contribution in [0.15, 0.2) is 22.9 Å². The van der Waals surface area contributed by atoms with Crippen molar-refractivity contribution < 1.29 is 18.4 Å². The first-order chi connectivity index (χ1) is 7.11. The summed E-state index contributed by atoms with van der Waals surface area (Å²) in [6.07, 6.45) is 1.10. The number of aromatic nitrogens is 1. The Bertz CT molecular complexity index is 511. The monoisotopic (exact) mass is 212 g/mol. The molecule has 2 aromatic rings. The lowest BCUT2D eigenvalue weighted by atomic mass is 10.1. The van der Waals surface area contributed by atoms with Crippen molar-refractivity contribution in [2.75, 3.05) is 5.73 Å². The minimum absolute atomic E-state index is 0.0181. The fourth-order valence-electron chi connectivity index (χ4n) is 1.23. The van der Waals surface area contributed by atoms with E-state index in [1.807, 2.05) is 0 Å². The third kappa shape index (κ3) is 1.39. The predicted octanol–water partition coefficient (Wildman–Crippen LogP) is 1.91. The van der Waals surface area contributed by atoms with Crippen LogP contribution in [-0.4, -0.2) is 10.3 Å². The second-order valence-electron chi connectivity index (χ2n) is 2.86. The molecule has 4 nitrogen and oxygen atoms in total. The minimum atomic E-state index is -0.938. The minimum Gasteiger partial charge on any atom is -0.504 e. The summed E-state index contributed by atoms with van der Waals surface area (Å²) in [4.78, 5) is 0. The topological polar surface area (TPSA) is 72.3 Å². The van der Waals surface area contributed by atoms with E-state index in [2.05, 4.69) is 9.68 Å². The molecule has 0 spiro atoms. The first-order valence-electron chi connectivity index (χ1n) is 3.98. The molecule has 0 unspecified atom stereocenters. The zero-order valence-electron chi connectivity index (χ0n) is 7.37. The highest BCUT2D eigenvalue weighted by Crippen LogP contribution is 2.36. The molecule has 6 heteroatoms. The standard InChI is InChI=1S/C9H6F2N2O2/c10-5-1-2-6(11)8(14)7(5)4-3-13-15-9(4)12/h1-3,14H,12H2. The van der Waals surface area contributed by atoms with Gasteiger partial charge in [0.15, 0.2) is 11.6 Å². The van der Waals surface area contributed by atoms with Crippen LogP contribution in [0.3, 0.4) is 0 Å². The SMILES string of the molecule is Nc1oncc1-c1c(F)ccc(F)c1O. The van der Waals surface area contributed by atoms with Gasteiger partial charge in [-0.15, -0.1) is 0 Å². The van der Waals surface area contributed by atoms with Crippen LogP contribution < -0.4 is 5.73 Å². The van der Waals surface area contributed by atoms with Crippen molar-refractivity contribution in [1.29, 1.82) is 0 Å². The number of phenolic OH excluding ortho intramolecular Hbond substituents is 1. The van der Waals surface area contributed by atoms with Gasteiger partial charge in [0.1, 0.15) is 5.82 Å². The summed E-state index contributed by atoms with van der Waals surface area (Å²) in [5.41, 5.74) is 5.00. The molecule has 0 aliphatic rings. The molecule has 0 saturated carbocycles. The van der Waals surface area contributed by atoms with E-state index >= 15 is 0 Å². The normalized spacial score (nSPS) is 10.5. The van der Waals surface area contributed by atoms with Gasteiger partial charge in [-0.2, -0.15) is 0 Å². The van der Waals surface area contributed by atoms with Gasteiger partial charge in [0.25, 0.3) is 0 Å². The van der Waals surface area contributed by atoms with Crippen molar-refractivity contribution in [2.45, 2.75) is 0 Å². The number of hydrogen-bond donors (Lipinski definition) is 2. The van der Waals surface area contributed by atoms with Crippen LogP contribution in [0.25, 0.3) is 11.1 Å². The maximum absolute atomic E-state index is 13.3. The molecule has 0 bridgehead atoms. The Balaban J connectivity index is 2.72. The maximum Gasteiger partial charge on any atom is 0.230 e. The van der Waals surface area contributed by atoms with Crippen LogP contribution in [0.4, 0.5) is 14.7 Å². The summed E-state index contributed by atoms with van der Waals surface area (Å²) in [5.74, 6) is -2.74. The summed E-state index contributed by atoms with van der Waals surface area (Å²) < 4.78 is 30.8. The van der Waals surface area contributed by atoms with Gasteiger partial charge in [-0.05, 0) is 12.1 Å². The second kappa shape index (κ2) is 3.23. The quantitative estimate of drug-likeness (QED) is 0.757. The van der Waals surface area contributed by atoms with Gasteiger partial charge < -0.3 is 15.4 Å². The fourth-order valence-corrected chi connectivity index (χ4v) is 1.23. The molecule has 1 aromatic carbocycles. The van der Waals surface area contributed by atoms with Crippen molar-refractivity contribution in [1.82, 2.24) is 5.16 Å². The molecule has 0 aliphatic heterocycles. The van der Waals surface area contributed by atoms with Crippen LogP contribution in [-0.2, 0) is 0 Å². The van der Waals surface area contributed by atoms with E-state index in [9.17, 15) is 13.9 Å². The molecule has 0 radical (unpaired) electrons. The summed E-state index contributed by atoms with van der Waals surface area (Å²) >= 11 is 0. The smallest absolute Gasteiger partial charge is 0.230 e. The highest BCUT2D eigenvalue weighted by atomic mass is 19.1. The molecular formula is C9H6F2N2O2. The lowest BCUT2D eigenvalue weighted by Crippen LogP contribution is -1.91. The molecule has 78 valence electrons. The Morgan fingerprint density at radius 3 is 2.53 bits per heavy atom. The third-order valence-electron chi connectivity index (χ3n) is 1.95. The molecule has 2 rings (SSSR count). The van der Waals surface area contributed by atoms with Crippen molar-refractivity contribution in [3.63, 3.8) is 0 Å². The average Bonchev–Trinajstić information content (AvgIpc) is 2.60. The zero-order chi connectivity index (χ0) is 11.0. The van der Waals surface area contributed by atoms with Gasteiger partial charge in [-0.25, -0.2) is 8.78 Å². The van der Waals surface area contributed by atoms with E-state index in [1.54, 1.807) is 0 Å². The molecule has 0 amide bonds. The second-order valence-corrected chi connectivity index (χ2v) is 2.86. The molecule has 3 N–H and O–H groups in total. The van der Waals surface area contributed by atoms with Gasteiger partial charge in [0.05, 0.1) is 17.3 Å². The Morgan fingerprint density at radius 1 is 1.27 bits per heavy atom. The van der Waals surface area contributed by atoms with E-state index in [4.69, 9.17) is 5.73 Å². The number of phenols is 1. The van der Waals surface area contributed by atoms with Gasteiger partial charge >= 0.3 is 0 Å². The summed E-state index contributed by atoms with van der Waals surface area (Å²) in [7, 11) is 0. The van der Waals surface area contributed by atoms with E-state index in [0.29, 0.717) is 0 Å². The molecule has 1 heterocycles. The number of anilines is 1. The highest BCUT2D eigenvalue weighted by molar-refractivity contribution is 5.77. The van der Waals surface area contributed by atoms with Crippen molar-refractivity contribution in [3.8, 4) is 16.9 Å². The third-order valence-corrected chi connectivity index (χ3v) is 1.95. The predicted molar refractivity (Wildman–Crippen MR) is 47.9 cm³/mol. The summed E-state index contributed by atoms with van der Waals surface area (Å²) in [6, 6.07) is 1.70. The number of nitrogens with zero attached hydrogens (tertiary/aromatic N) is 1. The lowest BCUT2D eigenvalue weighted by molar-refractivity contribution is 0.428. The number of aromatic hydroxyl groups is 1. The Morgan fingerprint density at radius 2 is 1.93 bits per heavy atom. The van der Waals surface area contributed by atoms with E-state index < -0.39 is 17.4 Å². The number of nitrogens with two attached hydrogens (primary N) is 1. The average molecular weight is 212 g/mol. The molecule has 1 aromatic heterocycles. The van der Waals surface area contributed by atoms with Crippen molar-refractivity contribution >= 4 is 5.88 Å². The Kier molecular flexibility index (Phi) is 2.03. The van der Waals surface area contributed by atoms with Crippen LogP contribution in [0.2, 0.25) is 0 Å². The van der Waals surface area contributed by atoms with E-state index in [0.717, 1.165) is 18.3 Å².